The van der Waals surface area contributed by atoms with Gasteiger partial charge < -0.3 is 19.7 Å². The molecule has 162 valence electrons. The van der Waals surface area contributed by atoms with Crippen molar-refractivity contribution in [2.24, 2.45) is 5.92 Å². The Bertz CT molecular complexity index is 640. The van der Waals surface area contributed by atoms with Gasteiger partial charge in [0.05, 0.1) is 13.2 Å². The molecule has 2 heterocycles. The minimum absolute atomic E-state index is 0.119. The summed E-state index contributed by atoms with van der Waals surface area (Å²) in [6.07, 6.45) is 4.63. The first-order chi connectivity index (χ1) is 14.2. The third kappa shape index (κ3) is 6.98. The number of hydrogen-bond acceptors (Lipinski definition) is 5. The van der Waals surface area contributed by atoms with Crippen molar-refractivity contribution in [1.29, 1.82) is 0 Å². The molecule has 1 aromatic carbocycles. The molecule has 1 fully saturated rings. The Hall–Kier alpha value is -1.63. The Morgan fingerprint density at radius 2 is 2.14 bits per heavy atom. The summed E-state index contributed by atoms with van der Waals surface area (Å²) in [5, 5.41) is 3.17. The number of unbranched alkanes of at least 4 members (excludes halogenated alkanes) is 1. The van der Waals surface area contributed by atoms with E-state index in [1.165, 1.54) is 5.56 Å². The highest BCUT2D eigenvalue weighted by Gasteiger charge is 2.25. The maximum atomic E-state index is 12.6. The summed E-state index contributed by atoms with van der Waals surface area (Å²) >= 11 is 0. The number of hydrogen-bond donors (Lipinski definition) is 1. The number of carbonyl (C=O) groups is 1. The van der Waals surface area contributed by atoms with Gasteiger partial charge >= 0.3 is 0 Å². The van der Waals surface area contributed by atoms with Crippen molar-refractivity contribution in [3.05, 3.63) is 29.8 Å². The molecule has 29 heavy (non-hydrogen) atoms. The molecule has 0 saturated carbocycles. The van der Waals surface area contributed by atoms with Crippen LogP contribution in [0.15, 0.2) is 24.3 Å². The van der Waals surface area contributed by atoms with E-state index in [2.05, 4.69) is 28.1 Å². The first-order valence-electron chi connectivity index (χ1n) is 11.1. The summed E-state index contributed by atoms with van der Waals surface area (Å²) in [5.74, 6) is 1.63. The molecule has 2 atom stereocenters. The molecule has 0 radical (unpaired) electrons. The van der Waals surface area contributed by atoms with E-state index in [1.54, 1.807) is 7.11 Å². The first kappa shape index (κ1) is 22.1. The van der Waals surface area contributed by atoms with Gasteiger partial charge in [-0.2, -0.15) is 0 Å². The van der Waals surface area contributed by atoms with Crippen LogP contribution in [0.1, 0.15) is 38.2 Å². The summed E-state index contributed by atoms with van der Waals surface area (Å²) in [7, 11) is 1.74. The van der Waals surface area contributed by atoms with E-state index in [0.29, 0.717) is 12.5 Å². The fourth-order valence-corrected chi connectivity index (χ4v) is 4.28. The minimum Gasteiger partial charge on any atom is -0.489 e. The molecule has 0 bridgehead atoms. The molecule has 2 aliphatic heterocycles. The van der Waals surface area contributed by atoms with Gasteiger partial charge in [-0.05, 0) is 37.8 Å². The molecule has 6 heteroatoms. The molecule has 0 unspecified atom stereocenters. The molecule has 3 rings (SSSR count). The molecular formula is C23H37N3O3. The van der Waals surface area contributed by atoms with Crippen LogP contribution in [-0.4, -0.2) is 74.8 Å². The predicted octanol–water partition coefficient (Wildman–Crippen LogP) is 2.52. The van der Waals surface area contributed by atoms with Gasteiger partial charge in [0.1, 0.15) is 11.9 Å². The van der Waals surface area contributed by atoms with Crippen LogP contribution in [-0.2, 0) is 16.1 Å². The number of benzene rings is 1. The zero-order valence-corrected chi connectivity index (χ0v) is 18.1. The van der Waals surface area contributed by atoms with E-state index < -0.39 is 0 Å². The van der Waals surface area contributed by atoms with E-state index in [-0.39, 0.29) is 12.0 Å². The number of amides is 1. The molecular weight excluding hydrogens is 366 g/mol. The highest BCUT2D eigenvalue weighted by atomic mass is 16.5. The number of ether oxygens (including phenoxy) is 2. The van der Waals surface area contributed by atoms with E-state index in [0.717, 1.165) is 77.3 Å². The van der Waals surface area contributed by atoms with Gasteiger partial charge in [-0.25, -0.2) is 0 Å². The maximum Gasteiger partial charge on any atom is 0.234 e. The number of rotatable bonds is 10. The van der Waals surface area contributed by atoms with Gasteiger partial charge in [0.15, 0.2) is 0 Å². The highest BCUT2D eigenvalue weighted by Crippen LogP contribution is 2.26. The summed E-state index contributed by atoms with van der Waals surface area (Å²) in [6.45, 7) is 8.87. The van der Waals surface area contributed by atoms with Crippen molar-refractivity contribution in [2.45, 2.75) is 45.3 Å². The average molecular weight is 404 g/mol. The van der Waals surface area contributed by atoms with Crippen LogP contribution in [0, 0.1) is 5.92 Å². The monoisotopic (exact) mass is 403 g/mol. The van der Waals surface area contributed by atoms with Gasteiger partial charge in [-0.15, -0.1) is 0 Å². The van der Waals surface area contributed by atoms with Crippen molar-refractivity contribution >= 4 is 5.91 Å². The average Bonchev–Trinajstić information content (AvgIpc) is 3.10. The lowest BCUT2D eigenvalue weighted by Crippen LogP contribution is -2.42. The van der Waals surface area contributed by atoms with E-state index in [1.807, 2.05) is 18.2 Å². The van der Waals surface area contributed by atoms with Crippen molar-refractivity contribution in [2.75, 3.05) is 53.0 Å². The molecule has 1 amide bonds. The number of nitrogens with one attached hydrogen (secondary N) is 1. The van der Waals surface area contributed by atoms with E-state index in [9.17, 15) is 4.79 Å². The second kappa shape index (κ2) is 11.5. The van der Waals surface area contributed by atoms with Gasteiger partial charge in [-0.1, -0.05) is 31.5 Å². The Balaban J connectivity index is 1.48. The standard InChI is InChI=1S/C23H37N3O3/c1-3-4-8-21-17-26(16-20-7-5-6-9-22(20)29-21)18-23(27)24-14-19-10-11-25(15-19)12-13-28-2/h5-7,9,19,21H,3-4,8,10-18H2,1-2H3,(H,24,27)/t19-,21+/m1/s1. The Morgan fingerprint density at radius 1 is 1.28 bits per heavy atom. The third-order valence-corrected chi connectivity index (χ3v) is 5.94. The Kier molecular flexibility index (Phi) is 8.77. The molecule has 6 nitrogen and oxygen atoms in total. The summed E-state index contributed by atoms with van der Waals surface area (Å²) < 4.78 is 11.4. The summed E-state index contributed by atoms with van der Waals surface area (Å²) in [5.41, 5.74) is 1.17. The van der Waals surface area contributed by atoms with Crippen LogP contribution in [0.5, 0.6) is 5.75 Å². The third-order valence-electron chi connectivity index (χ3n) is 5.94. The lowest BCUT2D eigenvalue weighted by Gasteiger charge is -2.23. The second-order valence-corrected chi connectivity index (χ2v) is 8.41. The lowest BCUT2D eigenvalue weighted by molar-refractivity contribution is -0.122. The molecule has 0 aliphatic carbocycles. The molecule has 0 spiro atoms. The number of likely N-dealkylation sites (tertiary alicyclic amines) is 1. The maximum absolute atomic E-state index is 12.6. The van der Waals surface area contributed by atoms with Gasteiger partial charge in [0.2, 0.25) is 5.91 Å². The molecule has 1 N–H and O–H groups in total. The van der Waals surface area contributed by atoms with Crippen LogP contribution in [0.2, 0.25) is 0 Å². The van der Waals surface area contributed by atoms with E-state index in [4.69, 9.17) is 9.47 Å². The minimum atomic E-state index is 0.119. The predicted molar refractivity (Wildman–Crippen MR) is 115 cm³/mol. The molecule has 1 aromatic rings. The second-order valence-electron chi connectivity index (χ2n) is 8.41. The Morgan fingerprint density at radius 3 is 2.97 bits per heavy atom. The van der Waals surface area contributed by atoms with Crippen molar-refractivity contribution in [1.82, 2.24) is 15.1 Å². The normalized spacial score (nSPS) is 22.7. The summed E-state index contributed by atoms with van der Waals surface area (Å²) in [6, 6.07) is 8.22. The van der Waals surface area contributed by atoms with Gasteiger partial charge in [0.25, 0.3) is 0 Å². The number of fused-ring (bicyclic) bond motifs is 1. The first-order valence-corrected chi connectivity index (χ1v) is 11.1. The zero-order valence-electron chi connectivity index (χ0n) is 18.1. The Labute approximate surface area is 175 Å². The van der Waals surface area contributed by atoms with Crippen molar-refractivity contribution in [3.8, 4) is 5.75 Å². The molecule has 2 aliphatic rings. The number of nitrogens with zero attached hydrogens (tertiary/aromatic N) is 2. The van der Waals surface area contributed by atoms with Crippen molar-refractivity contribution in [3.63, 3.8) is 0 Å². The van der Waals surface area contributed by atoms with Crippen LogP contribution in [0.4, 0.5) is 0 Å². The highest BCUT2D eigenvalue weighted by molar-refractivity contribution is 5.78. The SMILES string of the molecule is CCCC[C@H]1CN(CC(=O)NC[C@H]2CCN(CCOC)C2)Cc2ccccc2O1. The van der Waals surface area contributed by atoms with E-state index >= 15 is 0 Å². The van der Waals surface area contributed by atoms with Crippen LogP contribution in [0.25, 0.3) is 0 Å². The van der Waals surface area contributed by atoms with Gasteiger partial charge in [0, 0.05) is 45.4 Å². The molecule has 1 saturated heterocycles. The van der Waals surface area contributed by atoms with Crippen LogP contribution >= 0.6 is 0 Å². The quantitative estimate of drug-likeness (QED) is 0.651. The number of methoxy groups -OCH3 is 1. The lowest BCUT2D eigenvalue weighted by atomic mass is 10.1. The fourth-order valence-electron chi connectivity index (χ4n) is 4.28. The van der Waals surface area contributed by atoms with Crippen LogP contribution < -0.4 is 10.1 Å². The van der Waals surface area contributed by atoms with Crippen molar-refractivity contribution < 1.29 is 14.3 Å². The summed E-state index contributed by atoms with van der Waals surface area (Å²) in [4.78, 5) is 17.3. The number of para-hydroxylation sites is 1. The molecule has 0 aromatic heterocycles. The fraction of sp³-hybridized carbons (Fsp3) is 0.696. The largest absolute Gasteiger partial charge is 0.489 e. The smallest absolute Gasteiger partial charge is 0.234 e. The zero-order chi connectivity index (χ0) is 20.5. The topological polar surface area (TPSA) is 54.0 Å². The number of carbonyl (C=O) groups excluding carboxylic acids is 1. The van der Waals surface area contributed by atoms with Gasteiger partial charge in [-0.3, -0.25) is 9.69 Å². The van der Waals surface area contributed by atoms with Crippen LogP contribution in [0.3, 0.4) is 0 Å².